The summed E-state index contributed by atoms with van der Waals surface area (Å²) < 4.78 is 33.4. The van der Waals surface area contributed by atoms with Gasteiger partial charge < -0.3 is 9.47 Å². The van der Waals surface area contributed by atoms with Gasteiger partial charge in [0.2, 0.25) is 0 Å². The van der Waals surface area contributed by atoms with Crippen LogP contribution in [0.25, 0.3) is 16.5 Å². The molecule has 0 atom stereocenters. The van der Waals surface area contributed by atoms with E-state index >= 15 is 0 Å². The zero-order chi connectivity index (χ0) is 13.4. The number of methoxy groups -OCH3 is 1. The highest BCUT2D eigenvalue weighted by molar-refractivity contribution is 5.56. The van der Waals surface area contributed by atoms with Crippen molar-refractivity contribution in [2.75, 3.05) is 13.7 Å². The van der Waals surface area contributed by atoms with E-state index in [9.17, 15) is 8.78 Å². The van der Waals surface area contributed by atoms with Crippen molar-refractivity contribution in [1.82, 2.24) is 0 Å². The van der Waals surface area contributed by atoms with Crippen molar-refractivity contribution in [2.24, 2.45) is 5.11 Å². The quantitative estimate of drug-likeness (QED) is 0.442. The summed E-state index contributed by atoms with van der Waals surface area (Å²) in [6.07, 6.45) is 3.32. The van der Waals surface area contributed by atoms with E-state index in [-0.39, 0.29) is 18.0 Å². The van der Waals surface area contributed by atoms with E-state index < -0.39 is 6.61 Å². The summed E-state index contributed by atoms with van der Waals surface area (Å²) in [6, 6.07) is 4.52. The number of hydrogen-bond acceptors (Lipinski definition) is 3. The summed E-state index contributed by atoms with van der Waals surface area (Å²) in [5.74, 6) is 0.181. The lowest BCUT2D eigenvalue weighted by molar-refractivity contribution is -0.0512. The highest BCUT2D eigenvalue weighted by atomic mass is 19.3. The molecule has 1 aromatic carbocycles. The van der Waals surface area contributed by atoms with Crippen molar-refractivity contribution in [1.29, 1.82) is 0 Å². The van der Waals surface area contributed by atoms with E-state index in [4.69, 9.17) is 10.3 Å². The fraction of sp³-hybridized carbons (Fsp3) is 0.273. The minimum absolute atomic E-state index is 0.0281. The van der Waals surface area contributed by atoms with Gasteiger partial charge in [-0.3, -0.25) is 0 Å². The normalized spacial score (nSPS) is 10.4. The molecule has 0 aliphatic heterocycles. The largest absolute Gasteiger partial charge is 0.493 e. The molecule has 0 N–H and O–H groups in total. The third-order valence-corrected chi connectivity index (χ3v) is 1.96. The fourth-order valence-corrected chi connectivity index (χ4v) is 1.25. The first-order valence-electron chi connectivity index (χ1n) is 4.97. The Kier molecular flexibility index (Phi) is 5.47. The molecule has 0 aliphatic carbocycles. The molecule has 0 fully saturated rings. The molecule has 0 aliphatic rings. The van der Waals surface area contributed by atoms with Gasteiger partial charge in [-0.15, -0.1) is 0 Å². The smallest absolute Gasteiger partial charge is 0.387 e. The van der Waals surface area contributed by atoms with Gasteiger partial charge >= 0.3 is 6.61 Å². The van der Waals surface area contributed by atoms with Crippen LogP contribution >= 0.6 is 0 Å². The molecular formula is C11H11F2N3O2. The van der Waals surface area contributed by atoms with Gasteiger partial charge in [-0.25, -0.2) is 0 Å². The Morgan fingerprint density at radius 2 is 2.22 bits per heavy atom. The highest BCUT2D eigenvalue weighted by Crippen LogP contribution is 2.29. The molecule has 7 heteroatoms. The molecule has 0 saturated carbocycles. The lowest BCUT2D eigenvalue weighted by atomic mass is 10.2. The predicted molar refractivity (Wildman–Crippen MR) is 62.7 cm³/mol. The molecule has 0 unspecified atom stereocenters. The maximum Gasteiger partial charge on any atom is 0.387 e. The van der Waals surface area contributed by atoms with Crippen molar-refractivity contribution in [3.63, 3.8) is 0 Å². The zero-order valence-corrected chi connectivity index (χ0v) is 9.59. The van der Waals surface area contributed by atoms with Crippen LogP contribution in [-0.4, -0.2) is 20.3 Å². The summed E-state index contributed by atoms with van der Waals surface area (Å²) >= 11 is 0. The van der Waals surface area contributed by atoms with Gasteiger partial charge in [0, 0.05) is 11.5 Å². The van der Waals surface area contributed by atoms with Crippen LogP contribution < -0.4 is 9.47 Å². The Labute approximate surface area is 102 Å². The lowest BCUT2D eigenvalue weighted by Gasteiger charge is -2.10. The van der Waals surface area contributed by atoms with Gasteiger partial charge in [0.05, 0.1) is 7.11 Å². The standard InChI is InChI=1S/C11H11F2N3O2/c1-17-10-7-8(3-2-6-15-16-14)4-5-9(10)18-11(12)13/h2-5,7,11H,6H2,1H3. The monoisotopic (exact) mass is 255 g/mol. The summed E-state index contributed by atoms with van der Waals surface area (Å²) in [6.45, 7) is -2.68. The molecule has 18 heavy (non-hydrogen) atoms. The van der Waals surface area contributed by atoms with Crippen molar-refractivity contribution in [3.8, 4) is 11.5 Å². The Morgan fingerprint density at radius 3 is 2.83 bits per heavy atom. The van der Waals surface area contributed by atoms with Crippen molar-refractivity contribution in [2.45, 2.75) is 6.61 Å². The maximum absolute atomic E-state index is 12.1. The van der Waals surface area contributed by atoms with E-state index in [2.05, 4.69) is 14.8 Å². The number of ether oxygens (including phenoxy) is 2. The number of rotatable bonds is 6. The molecule has 1 rings (SSSR count). The third-order valence-electron chi connectivity index (χ3n) is 1.96. The second kappa shape index (κ2) is 7.13. The second-order valence-corrected chi connectivity index (χ2v) is 3.10. The molecule has 0 radical (unpaired) electrons. The van der Waals surface area contributed by atoms with E-state index in [0.29, 0.717) is 0 Å². The molecule has 0 bridgehead atoms. The summed E-state index contributed by atoms with van der Waals surface area (Å²) in [5.41, 5.74) is 8.81. The van der Waals surface area contributed by atoms with Gasteiger partial charge in [0.25, 0.3) is 0 Å². The Balaban J connectivity index is 2.84. The van der Waals surface area contributed by atoms with Crippen molar-refractivity contribution in [3.05, 3.63) is 40.3 Å². The minimum atomic E-state index is -2.90. The first-order chi connectivity index (χ1) is 8.67. The average Bonchev–Trinajstić information content (AvgIpc) is 2.35. The molecule has 0 saturated heterocycles. The summed E-state index contributed by atoms with van der Waals surface area (Å²) in [7, 11) is 1.36. The van der Waals surface area contributed by atoms with E-state index in [0.717, 1.165) is 5.56 Å². The SMILES string of the molecule is COc1cc(C=CCN=[N+]=[N-])ccc1OC(F)F. The number of hydrogen-bond donors (Lipinski definition) is 0. The lowest BCUT2D eigenvalue weighted by Crippen LogP contribution is -2.03. The molecule has 1 aromatic rings. The average molecular weight is 255 g/mol. The predicted octanol–water partition coefficient (Wildman–Crippen LogP) is 3.62. The second-order valence-electron chi connectivity index (χ2n) is 3.10. The highest BCUT2D eigenvalue weighted by Gasteiger charge is 2.10. The topological polar surface area (TPSA) is 67.2 Å². The Bertz CT molecular complexity index is 471. The first kappa shape index (κ1) is 13.8. The van der Waals surface area contributed by atoms with E-state index in [1.54, 1.807) is 24.3 Å². The summed E-state index contributed by atoms with van der Waals surface area (Å²) in [4.78, 5) is 2.59. The molecular weight excluding hydrogens is 244 g/mol. The van der Waals surface area contributed by atoms with Crippen LogP contribution in [-0.2, 0) is 0 Å². The fourth-order valence-electron chi connectivity index (χ4n) is 1.25. The van der Waals surface area contributed by atoms with Crippen LogP contribution in [0.3, 0.4) is 0 Å². The van der Waals surface area contributed by atoms with Crippen molar-refractivity contribution < 1.29 is 18.3 Å². The molecule has 0 spiro atoms. The Morgan fingerprint density at radius 1 is 1.44 bits per heavy atom. The van der Waals surface area contributed by atoms with Crippen LogP contribution in [0.5, 0.6) is 11.5 Å². The number of azide groups is 1. The van der Waals surface area contributed by atoms with Crippen LogP contribution in [0, 0.1) is 0 Å². The third kappa shape index (κ3) is 4.31. The number of nitrogens with zero attached hydrogens (tertiary/aromatic N) is 3. The molecule has 0 amide bonds. The summed E-state index contributed by atoms with van der Waals surface area (Å²) in [5, 5.41) is 3.33. The van der Waals surface area contributed by atoms with Crippen molar-refractivity contribution >= 4 is 6.08 Å². The van der Waals surface area contributed by atoms with E-state index in [1.165, 1.54) is 13.2 Å². The van der Waals surface area contributed by atoms with Gasteiger partial charge in [-0.2, -0.15) is 8.78 Å². The maximum atomic E-state index is 12.1. The number of halogens is 2. The molecule has 5 nitrogen and oxygen atoms in total. The van der Waals surface area contributed by atoms with Crippen LogP contribution in [0.1, 0.15) is 5.56 Å². The van der Waals surface area contributed by atoms with Crippen LogP contribution in [0.4, 0.5) is 8.78 Å². The molecule has 0 aromatic heterocycles. The molecule has 96 valence electrons. The van der Waals surface area contributed by atoms with Gasteiger partial charge in [0.15, 0.2) is 11.5 Å². The van der Waals surface area contributed by atoms with Gasteiger partial charge in [0.1, 0.15) is 0 Å². The first-order valence-corrected chi connectivity index (χ1v) is 4.97. The van der Waals surface area contributed by atoms with Crippen LogP contribution in [0.2, 0.25) is 0 Å². The minimum Gasteiger partial charge on any atom is -0.493 e. The van der Waals surface area contributed by atoms with Crippen LogP contribution in [0.15, 0.2) is 29.4 Å². The van der Waals surface area contributed by atoms with Gasteiger partial charge in [-0.1, -0.05) is 23.3 Å². The van der Waals surface area contributed by atoms with Gasteiger partial charge in [-0.05, 0) is 23.2 Å². The van der Waals surface area contributed by atoms with E-state index in [1.807, 2.05) is 0 Å². The zero-order valence-electron chi connectivity index (χ0n) is 9.59. The Hall–Kier alpha value is -2.27. The number of benzene rings is 1. The molecule has 0 heterocycles. The number of alkyl halides is 2.